The van der Waals surface area contributed by atoms with E-state index in [1.54, 1.807) is 0 Å². The van der Waals surface area contributed by atoms with E-state index >= 15 is 0 Å². The average molecular weight is 272 g/mol. The lowest BCUT2D eigenvalue weighted by Gasteiger charge is -2.18. The van der Waals surface area contributed by atoms with Crippen LogP contribution in [0.2, 0.25) is 0 Å². The largest absolute Gasteiger partial charge is 0.0916 e. The molecule has 0 saturated carbocycles. The molecule has 0 radical (unpaired) electrons. The summed E-state index contributed by atoms with van der Waals surface area (Å²) in [4.78, 5) is 0.645. The first-order chi connectivity index (χ1) is 4.45. The van der Waals surface area contributed by atoms with Gasteiger partial charge in [-0.3, -0.25) is 0 Å². The molecule has 0 nitrogen and oxygen atoms in total. The molecule has 10 heavy (non-hydrogen) atoms. The minimum Gasteiger partial charge on any atom is -0.0916 e. The number of halogens is 2. The molecule has 2 heteroatoms. The van der Waals surface area contributed by atoms with Crippen molar-refractivity contribution in [1.82, 2.24) is 0 Å². The van der Waals surface area contributed by atoms with Gasteiger partial charge in [0.1, 0.15) is 0 Å². The normalized spacial score (nSPS) is 15.3. The molecular formula is C8H16Br2. The first kappa shape index (κ1) is 11.0. The summed E-state index contributed by atoms with van der Waals surface area (Å²) in [5, 5.41) is 1.06. The second-order valence-corrected chi connectivity index (χ2v) is 5.79. The van der Waals surface area contributed by atoms with Gasteiger partial charge in [-0.1, -0.05) is 52.6 Å². The predicted molar refractivity (Wildman–Crippen MR) is 55.2 cm³/mol. The fraction of sp³-hybridized carbons (Fsp3) is 1.00. The van der Waals surface area contributed by atoms with Gasteiger partial charge in [-0.2, -0.15) is 0 Å². The molecule has 0 unspecified atom stereocenters. The van der Waals surface area contributed by atoms with E-state index in [0.29, 0.717) is 10.2 Å². The second-order valence-electron chi connectivity index (χ2n) is 3.85. The van der Waals surface area contributed by atoms with Crippen molar-refractivity contribution in [3.63, 3.8) is 0 Å². The van der Waals surface area contributed by atoms with Crippen LogP contribution in [-0.4, -0.2) is 10.2 Å². The van der Waals surface area contributed by atoms with Gasteiger partial charge in [-0.25, -0.2) is 0 Å². The Morgan fingerprint density at radius 3 is 2.10 bits per heavy atom. The Labute approximate surface area is 81.0 Å². The number of hydrogen-bond acceptors (Lipinski definition) is 0. The quantitative estimate of drug-likeness (QED) is 0.682. The van der Waals surface area contributed by atoms with Gasteiger partial charge >= 0.3 is 0 Å². The Kier molecular flexibility index (Phi) is 5.22. The SMILES string of the molecule is CC(C)(C)CC[C@@H](Br)CBr. The van der Waals surface area contributed by atoms with Crippen LogP contribution in [0.5, 0.6) is 0 Å². The van der Waals surface area contributed by atoms with Gasteiger partial charge in [0.25, 0.3) is 0 Å². The molecule has 0 aromatic rings. The molecule has 0 aliphatic carbocycles. The molecule has 0 spiro atoms. The molecule has 0 heterocycles. The Balaban J connectivity index is 3.36. The zero-order valence-corrected chi connectivity index (χ0v) is 10.1. The van der Waals surface area contributed by atoms with Crippen LogP contribution in [0.15, 0.2) is 0 Å². The van der Waals surface area contributed by atoms with Gasteiger partial charge in [0.15, 0.2) is 0 Å². The summed E-state index contributed by atoms with van der Waals surface area (Å²) in [6.07, 6.45) is 2.54. The topological polar surface area (TPSA) is 0 Å². The number of rotatable bonds is 3. The lowest BCUT2D eigenvalue weighted by molar-refractivity contribution is 0.367. The van der Waals surface area contributed by atoms with Crippen LogP contribution >= 0.6 is 31.9 Å². The van der Waals surface area contributed by atoms with Crippen LogP contribution in [0, 0.1) is 5.41 Å². The number of hydrogen-bond donors (Lipinski definition) is 0. The third-order valence-electron chi connectivity index (χ3n) is 1.38. The van der Waals surface area contributed by atoms with Gasteiger partial charge in [0.2, 0.25) is 0 Å². The highest BCUT2D eigenvalue weighted by Crippen LogP contribution is 2.24. The molecule has 0 N–H and O–H groups in total. The molecule has 0 aliphatic heterocycles. The van der Waals surface area contributed by atoms with Crippen molar-refractivity contribution in [3.05, 3.63) is 0 Å². The third kappa shape index (κ3) is 7.07. The van der Waals surface area contributed by atoms with Crippen molar-refractivity contribution >= 4 is 31.9 Å². The van der Waals surface area contributed by atoms with Gasteiger partial charge in [-0.15, -0.1) is 0 Å². The minimum atomic E-state index is 0.480. The predicted octanol–water partition coefficient (Wildman–Crippen LogP) is 3.97. The molecule has 0 aliphatic rings. The number of alkyl halides is 2. The van der Waals surface area contributed by atoms with Crippen molar-refractivity contribution in [2.45, 2.75) is 38.4 Å². The van der Waals surface area contributed by atoms with Crippen LogP contribution in [0.1, 0.15) is 33.6 Å². The zero-order chi connectivity index (χ0) is 8.20. The van der Waals surface area contributed by atoms with Gasteiger partial charge in [0, 0.05) is 10.2 Å². The molecule has 0 aromatic carbocycles. The van der Waals surface area contributed by atoms with Crippen LogP contribution in [0.4, 0.5) is 0 Å². The Hall–Kier alpha value is 0.960. The Bertz CT molecular complexity index is 83.7. The summed E-state index contributed by atoms with van der Waals surface area (Å²) in [5.41, 5.74) is 0.480. The first-order valence-corrected chi connectivity index (χ1v) is 5.69. The lowest BCUT2D eigenvalue weighted by Crippen LogP contribution is -2.09. The van der Waals surface area contributed by atoms with E-state index in [0.717, 1.165) is 5.33 Å². The van der Waals surface area contributed by atoms with E-state index in [1.165, 1.54) is 12.8 Å². The average Bonchev–Trinajstić information content (AvgIpc) is 1.81. The molecule has 0 saturated heterocycles. The Morgan fingerprint density at radius 2 is 1.80 bits per heavy atom. The maximum absolute atomic E-state index is 3.58. The van der Waals surface area contributed by atoms with Crippen molar-refractivity contribution in [3.8, 4) is 0 Å². The highest BCUT2D eigenvalue weighted by atomic mass is 79.9. The summed E-state index contributed by atoms with van der Waals surface area (Å²) in [7, 11) is 0. The van der Waals surface area contributed by atoms with E-state index in [9.17, 15) is 0 Å². The van der Waals surface area contributed by atoms with Crippen LogP contribution < -0.4 is 0 Å². The molecule has 62 valence electrons. The smallest absolute Gasteiger partial charge is 0.0243 e. The van der Waals surface area contributed by atoms with E-state index in [2.05, 4.69) is 52.6 Å². The van der Waals surface area contributed by atoms with Crippen LogP contribution in [0.3, 0.4) is 0 Å². The maximum Gasteiger partial charge on any atom is 0.0243 e. The molecule has 0 amide bonds. The maximum atomic E-state index is 3.58. The van der Waals surface area contributed by atoms with E-state index in [-0.39, 0.29) is 0 Å². The van der Waals surface area contributed by atoms with Crippen molar-refractivity contribution in [1.29, 1.82) is 0 Å². The van der Waals surface area contributed by atoms with Crippen LogP contribution in [-0.2, 0) is 0 Å². The molecule has 0 bridgehead atoms. The molecular weight excluding hydrogens is 256 g/mol. The molecule has 0 aromatic heterocycles. The molecule has 0 fully saturated rings. The fourth-order valence-corrected chi connectivity index (χ4v) is 1.22. The monoisotopic (exact) mass is 270 g/mol. The van der Waals surface area contributed by atoms with Crippen LogP contribution in [0.25, 0.3) is 0 Å². The summed E-state index contributed by atoms with van der Waals surface area (Å²) in [5.74, 6) is 0. The van der Waals surface area contributed by atoms with Crippen molar-refractivity contribution in [2.75, 3.05) is 5.33 Å². The van der Waals surface area contributed by atoms with E-state index < -0.39 is 0 Å². The summed E-state index contributed by atoms with van der Waals surface area (Å²) in [6.45, 7) is 6.84. The summed E-state index contributed by atoms with van der Waals surface area (Å²) in [6, 6.07) is 0. The van der Waals surface area contributed by atoms with E-state index in [4.69, 9.17) is 0 Å². The highest BCUT2D eigenvalue weighted by molar-refractivity contribution is 9.12. The van der Waals surface area contributed by atoms with Crippen molar-refractivity contribution in [2.24, 2.45) is 5.41 Å². The van der Waals surface area contributed by atoms with E-state index in [1.807, 2.05) is 0 Å². The van der Waals surface area contributed by atoms with Gasteiger partial charge in [-0.05, 0) is 18.3 Å². The van der Waals surface area contributed by atoms with Gasteiger partial charge in [0.05, 0.1) is 0 Å². The lowest BCUT2D eigenvalue weighted by atomic mass is 9.90. The van der Waals surface area contributed by atoms with Crippen molar-refractivity contribution < 1.29 is 0 Å². The molecule has 1 atom stereocenters. The third-order valence-corrected chi connectivity index (χ3v) is 3.81. The molecule has 0 rings (SSSR count). The minimum absolute atomic E-state index is 0.480. The Morgan fingerprint density at radius 1 is 1.30 bits per heavy atom. The zero-order valence-electron chi connectivity index (χ0n) is 6.95. The fourth-order valence-electron chi connectivity index (χ4n) is 0.667. The summed E-state index contributed by atoms with van der Waals surface area (Å²) >= 11 is 7.02. The summed E-state index contributed by atoms with van der Waals surface area (Å²) < 4.78 is 0. The second kappa shape index (κ2) is 4.76. The highest BCUT2D eigenvalue weighted by Gasteiger charge is 2.12. The van der Waals surface area contributed by atoms with Gasteiger partial charge < -0.3 is 0 Å². The first-order valence-electron chi connectivity index (χ1n) is 3.66. The standard InChI is InChI=1S/C8H16Br2/c1-8(2,3)5-4-7(10)6-9/h7H,4-6H2,1-3H3/t7-/m1/s1.